The topological polar surface area (TPSA) is 26.3 Å². The lowest BCUT2D eigenvalue weighted by molar-refractivity contribution is 0.103. The molecule has 0 aliphatic heterocycles. The highest BCUT2D eigenvalue weighted by Crippen LogP contribution is 2.25. The van der Waals surface area contributed by atoms with E-state index in [1.54, 1.807) is 30.3 Å². The van der Waals surface area contributed by atoms with Gasteiger partial charge in [-0.15, -0.1) is 0 Å². The van der Waals surface area contributed by atoms with Crippen LogP contribution in [0.4, 0.5) is 0 Å². The molecule has 0 N–H and O–H groups in total. The van der Waals surface area contributed by atoms with E-state index >= 15 is 0 Å². The standard InChI is InChI=1S/C14H11ClO2/c1-17-13-8-7-11(15)9-12(13)14(16)10-5-3-2-4-6-10/h2-9H,1H3. The van der Waals surface area contributed by atoms with Crippen LogP contribution >= 0.6 is 11.6 Å². The van der Waals surface area contributed by atoms with Gasteiger partial charge >= 0.3 is 0 Å². The van der Waals surface area contributed by atoms with Crippen molar-refractivity contribution in [2.24, 2.45) is 0 Å². The van der Waals surface area contributed by atoms with E-state index in [-0.39, 0.29) is 5.78 Å². The summed E-state index contributed by atoms with van der Waals surface area (Å²) in [7, 11) is 1.53. The Balaban J connectivity index is 2.47. The molecule has 0 saturated carbocycles. The summed E-state index contributed by atoms with van der Waals surface area (Å²) in [5.74, 6) is 0.438. The summed E-state index contributed by atoms with van der Waals surface area (Å²) < 4.78 is 5.16. The average Bonchev–Trinajstić information content (AvgIpc) is 2.39. The predicted octanol–water partition coefficient (Wildman–Crippen LogP) is 3.58. The minimum absolute atomic E-state index is 0.0926. The fourth-order valence-electron chi connectivity index (χ4n) is 1.60. The van der Waals surface area contributed by atoms with E-state index < -0.39 is 0 Å². The van der Waals surface area contributed by atoms with Crippen LogP contribution < -0.4 is 4.74 Å². The summed E-state index contributed by atoms with van der Waals surface area (Å²) >= 11 is 5.90. The lowest BCUT2D eigenvalue weighted by atomic mass is 10.0. The molecule has 2 rings (SSSR count). The quantitative estimate of drug-likeness (QED) is 0.774. The smallest absolute Gasteiger partial charge is 0.196 e. The lowest BCUT2D eigenvalue weighted by Crippen LogP contribution is -2.03. The number of hydrogen-bond donors (Lipinski definition) is 0. The van der Waals surface area contributed by atoms with Gasteiger partial charge in [0.05, 0.1) is 12.7 Å². The largest absolute Gasteiger partial charge is 0.496 e. The van der Waals surface area contributed by atoms with Gasteiger partial charge in [0.15, 0.2) is 5.78 Å². The van der Waals surface area contributed by atoms with Crippen molar-refractivity contribution in [2.45, 2.75) is 0 Å². The molecule has 0 aliphatic rings. The molecule has 0 radical (unpaired) electrons. The summed E-state index contributed by atoms with van der Waals surface area (Å²) in [6.07, 6.45) is 0. The Morgan fingerprint density at radius 1 is 1.12 bits per heavy atom. The number of carbonyl (C=O) groups is 1. The van der Waals surface area contributed by atoms with Crippen molar-refractivity contribution in [1.82, 2.24) is 0 Å². The summed E-state index contributed by atoms with van der Waals surface area (Å²) in [6, 6.07) is 14.1. The Morgan fingerprint density at radius 3 is 2.47 bits per heavy atom. The fraction of sp³-hybridized carbons (Fsp3) is 0.0714. The van der Waals surface area contributed by atoms with Crippen LogP contribution in [0.1, 0.15) is 15.9 Å². The van der Waals surface area contributed by atoms with Gasteiger partial charge in [-0.3, -0.25) is 4.79 Å². The lowest BCUT2D eigenvalue weighted by Gasteiger charge is -2.07. The highest BCUT2D eigenvalue weighted by molar-refractivity contribution is 6.31. The summed E-state index contributed by atoms with van der Waals surface area (Å²) in [5, 5.41) is 0.519. The Kier molecular flexibility index (Phi) is 3.45. The molecule has 0 heterocycles. The highest BCUT2D eigenvalue weighted by atomic mass is 35.5. The molecule has 0 aliphatic carbocycles. The van der Waals surface area contributed by atoms with Crippen LogP contribution in [0.15, 0.2) is 48.5 Å². The van der Waals surface area contributed by atoms with Crippen molar-refractivity contribution in [3.63, 3.8) is 0 Å². The van der Waals surface area contributed by atoms with Gasteiger partial charge in [-0.1, -0.05) is 41.9 Å². The molecule has 17 heavy (non-hydrogen) atoms. The van der Waals surface area contributed by atoms with Gasteiger partial charge in [0, 0.05) is 10.6 Å². The number of halogens is 1. The average molecular weight is 247 g/mol. The number of carbonyl (C=O) groups excluding carboxylic acids is 1. The number of ketones is 1. The number of rotatable bonds is 3. The van der Waals surface area contributed by atoms with Crippen LogP contribution in [0.5, 0.6) is 5.75 Å². The van der Waals surface area contributed by atoms with E-state index in [0.717, 1.165) is 0 Å². The molecule has 0 unspecified atom stereocenters. The first kappa shape index (κ1) is 11.7. The number of hydrogen-bond acceptors (Lipinski definition) is 2. The first-order valence-corrected chi connectivity index (χ1v) is 5.53. The molecule has 86 valence electrons. The van der Waals surface area contributed by atoms with E-state index in [9.17, 15) is 4.79 Å². The third-order valence-corrected chi connectivity index (χ3v) is 2.68. The van der Waals surface area contributed by atoms with Crippen LogP contribution in [0.2, 0.25) is 5.02 Å². The Bertz CT molecular complexity index is 535. The minimum atomic E-state index is -0.0926. The molecule has 0 spiro atoms. The van der Waals surface area contributed by atoms with Gasteiger partial charge in [0.2, 0.25) is 0 Å². The van der Waals surface area contributed by atoms with Crippen LogP contribution in [0.25, 0.3) is 0 Å². The predicted molar refractivity (Wildman–Crippen MR) is 67.9 cm³/mol. The fourth-order valence-corrected chi connectivity index (χ4v) is 1.77. The molecule has 0 atom stereocenters. The van der Waals surface area contributed by atoms with Gasteiger partial charge in [0.25, 0.3) is 0 Å². The molecule has 0 bridgehead atoms. The van der Waals surface area contributed by atoms with E-state index in [0.29, 0.717) is 21.9 Å². The zero-order valence-electron chi connectivity index (χ0n) is 9.31. The molecule has 2 aromatic carbocycles. The van der Waals surface area contributed by atoms with E-state index in [4.69, 9.17) is 16.3 Å². The van der Waals surface area contributed by atoms with Gasteiger partial charge in [-0.2, -0.15) is 0 Å². The van der Waals surface area contributed by atoms with Crippen LogP contribution in [-0.4, -0.2) is 12.9 Å². The molecular weight excluding hydrogens is 236 g/mol. The van der Waals surface area contributed by atoms with Gasteiger partial charge in [-0.05, 0) is 18.2 Å². The van der Waals surface area contributed by atoms with Crippen molar-refractivity contribution in [2.75, 3.05) is 7.11 Å². The molecule has 2 aromatic rings. The van der Waals surface area contributed by atoms with E-state index in [1.807, 2.05) is 18.2 Å². The Morgan fingerprint density at radius 2 is 1.82 bits per heavy atom. The SMILES string of the molecule is COc1ccc(Cl)cc1C(=O)c1ccccc1. The van der Waals surface area contributed by atoms with Crippen molar-refractivity contribution in [3.05, 3.63) is 64.7 Å². The summed E-state index contributed by atoms with van der Waals surface area (Å²) in [4.78, 5) is 12.2. The molecule has 0 fully saturated rings. The second-order valence-electron chi connectivity index (χ2n) is 3.54. The normalized spacial score (nSPS) is 10.0. The molecular formula is C14H11ClO2. The highest BCUT2D eigenvalue weighted by Gasteiger charge is 2.14. The number of ether oxygens (including phenoxy) is 1. The third-order valence-electron chi connectivity index (χ3n) is 2.44. The zero-order chi connectivity index (χ0) is 12.3. The van der Waals surface area contributed by atoms with Crippen LogP contribution in [0, 0.1) is 0 Å². The molecule has 2 nitrogen and oxygen atoms in total. The Hall–Kier alpha value is -1.80. The van der Waals surface area contributed by atoms with Crippen molar-refractivity contribution >= 4 is 17.4 Å². The second kappa shape index (κ2) is 5.02. The first-order chi connectivity index (χ1) is 8.22. The molecule has 0 amide bonds. The third kappa shape index (κ3) is 2.48. The first-order valence-electron chi connectivity index (χ1n) is 5.15. The van der Waals surface area contributed by atoms with Gasteiger partial charge in [0.1, 0.15) is 5.75 Å². The van der Waals surface area contributed by atoms with Crippen molar-refractivity contribution < 1.29 is 9.53 Å². The maximum atomic E-state index is 12.2. The maximum absolute atomic E-state index is 12.2. The second-order valence-corrected chi connectivity index (χ2v) is 3.98. The van der Waals surface area contributed by atoms with Gasteiger partial charge in [-0.25, -0.2) is 0 Å². The summed E-state index contributed by atoms with van der Waals surface area (Å²) in [5.41, 5.74) is 1.10. The maximum Gasteiger partial charge on any atom is 0.196 e. The van der Waals surface area contributed by atoms with E-state index in [1.165, 1.54) is 7.11 Å². The van der Waals surface area contributed by atoms with Crippen LogP contribution in [-0.2, 0) is 0 Å². The van der Waals surface area contributed by atoms with Crippen molar-refractivity contribution in [3.8, 4) is 5.75 Å². The summed E-state index contributed by atoms with van der Waals surface area (Å²) in [6.45, 7) is 0. The molecule has 0 saturated heterocycles. The number of methoxy groups -OCH3 is 1. The minimum Gasteiger partial charge on any atom is -0.496 e. The number of benzene rings is 2. The van der Waals surface area contributed by atoms with Crippen molar-refractivity contribution in [1.29, 1.82) is 0 Å². The zero-order valence-corrected chi connectivity index (χ0v) is 10.1. The van der Waals surface area contributed by atoms with Crippen LogP contribution in [0.3, 0.4) is 0 Å². The van der Waals surface area contributed by atoms with E-state index in [2.05, 4.69) is 0 Å². The molecule has 0 aromatic heterocycles. The molecule has 3 heteroatoms. The van der Waals surface area contributed by atoms with Gasteiger partial charge < -0.3 is 4.74 Å². The monoisotopic (exact) mass is 246 g/mol. The Labute approximate surface area is 105 Å².